The number of aromatic nitrogens is 4. The van der Waals surface area contributed by atoms with Gasteiger partial charge in [-0.05, 0) is 31.2 Å². The predicted octanol–water partition coefficient (Wildman–Crippen LogP) is 1.62. The smallest absolute Gasteiger partial charge is 0.255 e. The van der Waals surface area contributed by atoms with Crippen LogP contribution in [0, 0.1) is 6.92 Å². The summed E-state index contributed by atoms with van der Waals surface area (Å²) in [5.41, 5.74) is 10.0. The van der Waals surface area contributed by atoms with Gasteiger partial charge in [0.2, 0.25) is 0 Å². The van der Waals surface area contributed by atoms with Crippen molar-refractivity contribution in [3.63, 3.8) is 0 Å². The number of benzene rings is 1. The Hall–Kier alpha value is -2.93. The molecular formula is C19H22N6O. The lowest BCUT2D eigenvalue weighted by atomic mass is 10.1. The molecule has 0 aliphatic carbocycles. The van der Waals surface area contributed by atoms with Crippen LogP contribution >= 0.6 is 0 Å². The van der Waals surface area contributed by atoms with Gasteiger partial charge in [0, 0.05) is 50.6 Å². The fraction of sp³-hybridized carbons (Fsp3) is 0.316. The molecule has 7 heteroatoms. The van der Waals surface area contributed by atoms with Crippen molar-refractivity contribution < 1.29 is 0 Å². The summed E-state index contributed by atoms with van der Waals surface area (Å²) in [6, 6.07) is 7.37. The van der Waals surface area contributed by atoms with Crippen LogP contribution in [0.4, 0.5) is 5.69 Å². The molecule has 3 aromatic rings. The summed E-state index contributed by atoms with van der Waals surface area (Å²) in [5, 5.41) is 0. The first-order chi connectivity index (χ1) is 12.5. The average Bonchev–Trinajstić information content (AvgIpc) is 2.95. The SMILES string of the molecule is Cc1ncc(CN2CCc3nc(-c4ccc(N)cc4)[nH]c(=O)c3C2)n1C. The molecule has 0 saturated heterocycles. The van der Waals surface area contributed by atoms with Crippen LogP contribution in [0.25, 0.3) is 11.4 Å². The van der Waals surface area contributed by atoms with E-state index in [4.69, 9.17) is 10.7 Å². The van der Waals surface area contributed by atoms with E-state index in [1.54, 1.807) is 0 Å². The first kappa shape index (κ1) is 16.5. The predicted molar refractivity (Wildman–Crippen MR) is 100 cm³/mol. The van der Waals surface area contributed by atoms with Crippen molar-refractivity contribution in [2.75, 3.05) is 12.3 Å². The summed E-state index contributed by atoms with van der Waals surface area (Å²) in [6.45, 7) is 4.23. The molecule has 0 amide bonds. The molecule has 0 bridgehead atoms. The van der Waals surface area contributed by atoms with Gasteiger partial charge in [-0.25, -0.2) is 9.97 Å². The molecular weight excluding hydrogens is 328 g/mol. The number of hydrogen-bond donors (Lipinski definition) is 2. The summed E-state index contributed by atoms with van der Waals surface area (Å²) < 4.78 is 2.09. The number of aromatic amines is 1. The molecule has 4 rings (SSSR count). The normalized spacial score (nSPS) is 14.4. The van der Waals surface area contributed by atoms with Gasteiger partial charge in [0.05, 0.1) is 17.0 Å². The zero-order chi connectivity index (χ0) is 18.3. The van der Waals surface area contributed by atoms with Gasteiger partial charge in [-0.3, -0.25) is 9.69 Å². The number of nitrogen functional groups attached to an aromatic ring is 1. The second-order valence-corrected chi connectivity index (χ2v) is 6.78. The summed E-state index contributed by atoms with van der Waals surface area (Å²) in [5.74, 6) is 1.59. The summed E-state index contributed by atoms with van der Waals surface area (Å²) in [6.07, 6.45) is 2.66. The van der Waals surface area contributed by atoms with E-state index in [1.807, 2.05) is 44.4 Å². The van der Waals surface area contributed by atoms with Crippen LogP contribution in [0.15, 0.2) is 35.3 Å². The highest BCUT2D eigenvalue weighted by atomic mass is 16.1. The Morgan fingerprint density at radius 2 is 2.04 bits per heavy atom. The first-order valence-corrected chi connectivity index (χ1v) is 8.69. The number of imidazole rings is 1. The molecule has 0 unspecified atom stereocenters. The second kappa shape index (κ2) is 6.42. The molecule has 134 valence electrons. The van der Waals surface area contributed by atoms with E-state index in [-0.39, 0.29) is 5.56 Å². The van der Waals surface area contributed by atoms with Crippen LogP contribution in [0.3, 0.4) is 0 Å². The highest BCUT2D eigenvalue weighted by molar-refractivity contribution is 5.58. The summed E-state index contributed by atoms with van der Waals surface area (Å²) in [4.78, 5) is 26.8. The molecule has 0 radical (unpaired) electrons. The number of H-pyrrole nitrogens is 1. The first-order valence-electron chi connectivity index (χ1n) is 8.69. The molecule has 1 aliphatic heterocycles. The van der Waals surface area contributed by atoms with Gasteiger partial charge in [0.25, 0.3) is 5.56 Å². The lowest BCUT2D eigenvalue weighted by Gasteiger charge is -2.27. The Bertz CT molecular complexity index is 1000. The van der Waals surface area contributed by atoms with Crippen LogP contribution in [-0.4, -0.2) is 31.0 Å². The van der Waals surface area contributed by atoms with Crippen LogP contribution in [0.1, 0.15) is 22.8 Å². The molecule has 0 spiro atoms. The molecule has 0 atom stereocenters. The second-order valence-electron chi connectivity index (χ2n) is 6.78. The quantitative estimate of drug-likeness (QED) is 0.700. The largest absolute Gasteiger partial charge is 0.399 e. The number of nitrogens with two attached hydrogens (primary N) is 1. The van der Waals surface area contributed by atoms with Gasteiger partial charge in [0.1, 0.15) is 11.6 Å². The zero-order valence-corrected chi connectivity index (χ0v) is 15.0. The van der Waals surface area contributed by atoms with Crippen molar-refractivity contribution in [1.29, 1.82) is 0 Å². The Kier molecular flexibility index (Phi) is 4.08. The number of anilines is 1. The van der Waals surface area contributed by atoms with E-state index < -0.39 is 0 Å². The van der Waals surface area contributed by atoms with Gasteiger partial charge < -0.3 is 15.3 Å². The molecule has 2 aromatic heterocycles. The van der Waals surface area contributed by atoms with Crippen molar-refractivity contribution >= 4 is 5.69 Å². The van der Waals surface area contributed by atoms with Crippen LogP contribution in [-0.2, 0) is 26.6 Å². The zero-order valence-electron chi connectivity index (χ0n) is 15.0. The Labute approximate surface area is 151 Å². The Morgan fingerprint density at radius 3 is 2.73 bits per heavy atom. The van der Waals surface area contributed by atoms with Crippen LogP contribution in [0.5, 0.6) is 0 Å². The lowest BCUT2D eigenvalue weighted by molar-refractivity contribution is 0.236. The third-order valence-corrected chi connectivity index (χ3v) is 5.03. The number of rotatable bonds is 3. The maximum Gasteiger partial charge on any atom is 0.255 e. The molecule has 3 N–H and O–H groups in total. The third kappa shape index (κ3) is 3.01. The molecule has 0 fully saturated rings. The molecule has 3 heterocycles. The minimum Gasteiger partial charge on any atom is -0.399 e. The summed E-state index contributed by atoms with van der Waals surface area (Å²) in [7, 11) is 2.02. The van der Waals surface area contributed by atoms with E-state index in [2.05, 4.69) is 19.4 Å². The van der Waals surface area contributed by atoms with Crippen molar-refractivity contribution in [2.24, 2.45) is 7.05 Å². The third-order valence-electron chi connectivity index (χ3n) is 5.03. The molecule has 1 aromatic carbocycles. The molecule has 0 saturated carbocycles. The highest BCUT2D eigenvalue weighted by Crippen LogP contribution is 2.20. The van der Waals surface area contributed by atoms with Gasteiger partial charge in [-0.15, -0.1) is 0 Å². The fourth-order valence-electron chi connectivity index (χ4n) is 3.32. The van der Waals surface area contributed by atoms with E-state index >= 15 is 0 Å². The summed E-state index contributed by atoms with van der Waals surface area (Å²) >= 11 is 0. The molecule has 26 heavy (non-hydrogen) atoms. The minimum absolute atomic E-state index is 0.0623. The molecule has 7 nitrogen and oxygen atoms in total. The van der Waals surface area contributed by atoms with E-state index in [0.29, 0.717) is 18.1 Å². The van der Waals surface area contributed by atoms with Crippen molar-refractivity contribution in [2.45, 2.75) is 26.4 Å². The van der Waals surface area contributed by atoms with Gasteiger partial charge in [0.15, 0.2) is 0 Å². The van der Waals surface area contributed by atoms with E-state index in [1.165, 1.54) is 0 Å². The maximum atomic E-state index is 12.6. The molecule has 1 aliphatic rings. The van der Waals surface area contributed by atoms with Gasteiger partial charge in [-0.2, -0.15) is 0 Å². The number of fused-ring (bicyclic) bond motifs is 1. The Morgan fingerprint density at radius 1 is 1.27 bits per heavy atom. The topological polar surface area (TPSA) is 92.8 Å². The Balaban J connectivity index is 1.59. The fourth-order valence-corrected chi connectivity index (χ4v) is 3.32. The van der Waals surface area contributed by atoms with E-state index in [9.17, 15) is 4.79 Å². The van der Waals surface area contributed by atoms with Gasteiger partial charge in [-0.1, -0.05) is 0 Å². The highest BCUT2D eigenvalue weighted by Gasteiger charge is 2.22. The van der Waals surface area contributed by atoms with Crippen molar-refractivity contribution in [3.05, 3.63) is 63.6 Å². The maximum absolute atomic E-state index is 12.6. The number of nitrogens with zero attached hydrogens (tertiary/aromatic N) is 4. The van der Waals surface area contributed by atoms with Gasteiger partial charge >= 0.3 is 0 Å². The standard InChI is InChI=1S/C19H22N6O/c1-12-21-9-15(24(12)2)10-25-8-7-17-16(11-25)19(26)23-18(22-17)13-3-5-14(20)6-4-13/h3-6,9H,7-8,10-11,20H2,1-2H3,(H,22,23,26). The van der Waals surface area contributed by atoms with Crippen molar-refractivity contribution in [3.8, 4) is 11.4 Å². The van der Waals surface area contributed by atoms with E-state index in [0.717, 1.165) is 47.8 Å². The monoisotopic (exact) mass is 350 g/mol. The lowest BCUT2D eigenvalue weighted by Crippen LogP contribution is -2.35. The van der Waals surface area contributed by atoms with Crippen LogP contribution in [0.2, 0.25) is 0 Å². The minimum atomic E-state index is -0.0623. The average molecular weight is 350 g/mol. The number of aryl methyl sites for hydroxylation is 1. The van der Waals surface area contributed by atoms with Crippen LogP contribution < -0.4 is 11.3 Å². The number of nitrogens with one attached hydrogen (secondary N) is 1. The number of hydrogen-bond acceptors (Lipinski definition) is 5. The van der Waals surface area contributed by atoms with Crippen molar-refractivity contribution in [1.82, 2.24) is 24.4 Å².